The van der Waals surface area contributed by atoms with E-state index in [1.807, 2.05) is 13.0 Å². The van der Waals surface area contributed by atoms with Gasteiger partial charge in [-0.25, -0.2) is 0 Å². The number of hydrogen-bond acceptors (Lipinski definition) is 2. The molecular weight excluding hydrogens is 292 g/mol. The Hall–Kier alpha value is -0.846. The number of benzene rings is 1. The van der Waals surface area contributed by atoms with Gasteiger partial charge in [-0.1, -0.05) is 50.0 Å². The second-order valence-electron chi connectivity index (χ2n) is 7.99. The molecule has 1 aromatic carbocycles. The zero-order chi connectivity index (χ0) is 15.9. The van der Waals surface area contributed by atoms with Crippen molar-refractivity contribution in [1.29, 1.82) is 0 Å². The third-order valence-corrected chi connectivity index (χ3v) is 9.49. The molecule has 1 N–H and O–H groups in total. The van der Waals surface area contributed by atoms with E-state index in [-0.39, 0.29) is 5.54 Å². The van der Waals surface area contributed by atoms with Crippen LogP contribution in [0, 0.1) is 0 Å². The Morgan fingerprint density at radius 1 is 1.10 bits per heavy atom. The molecule has 4 heteroatoms. The molecule has 2 rings (SSSR count). The Labute approximate surface area is 131 Å². The summed E-state index contributed by atoms with van der Waals surface area (Å²) < 4.78 is 6.41. The lowest BCUT2D eigenvalue weighted by Gasteiger charge is -2.34. The number of aliphatic hydroxyl groups is 1. The van der Waals surface area contributed by atoms with Gasteiger partial charge in [0.05, 0.1) is 19.4 Å². The summed E-state index contributed by atoms with van der Waals surface area (Å²) >= 11 is 0. The molecule has 0 heterocycles. The summed E-state index contributed by atoms with van der Waals surface area (Å²) in [6, 6.07) is 10.5. The molecule has 0 spiro atoms. The fourth-order valence-electron chi connectivity index (χ4n) is 3.37. The molecule has 0 aromatic heterocycles. The SMILES string of the molecule is C[C@]1(O)CC(O[Si](C)(C)c2ccccc2)=C[C@@H]1[Si](C)(C)C. The predicted octanol–water partition coefficient (Wildman–Crippen LogP) is 3.86. The van der Waals surface area contributed by atoms with Crippen LogP contribution in [0.2, 0.25) is 38.3 Å². The van der Waals surface area contributed by atoms with Gasteiger partial charge in [0.2, 0.25) is 0 Å². The van der Waals surface area contributed by atoms with Crippen molar-refractivity contribution in [2.75, 3.05) is 0 Å². The molecule has 21 heavy (non-hydrogen) atoms. The first kappa shape index (κ1) is 16.5. The maximum atomic E-state index is 10.7. The Morgan fingerprint density at radius 3 is 2.14 bits per heavy atom. The van der Waals surface area contributed by atoms with E-state index in [0.717, 1.165) is 5.76 Å². The van der Waals surface area contributed by atoms with Gasteiger partial charge in [-0.15, -0.1) is 0 Å². The monoisotopic (exact) mass is 320 g/mol. The smallest absolute Gasteiger partial charge is 0.276 e. The Morgan fingerprint density at radius 2 is 1.67 bits per heavy atom. The average molecular weight is 321 g/mol. The van der Waals surface area contributed by atoms with Crippen molar-refractivity contribution in [1.82, 2.24) is 0 Å². The lowest BCUT2D eigenvalue weighted by Crippen LogP contribution is -2.44. The molecule has 0 fully saturated rings. The van der Waals surface area contributed by atoms with Gasteiger partial charge in [-0.05, 0) is 31.3 Å². The molecule has 1 aliphatic carbocycles. The minimum atomic E-state index is -1.96. The number of hydrogen-bond donors (Lipinski definition) is 1. The van der Waals surface area contributed by atoms with Gasteiger partial charge < -0.3 is 9.53 Å². The molecule has 1 aromatic rings. The summed E-state index contributed by atoms with van der Waals surface area (Å²) in [4.78, 5) is 0. The van der Waals surface area contributed by atoms with Crippen molar-refractivity contribution >= 4 is 21.6 Å². The van der Waals surface area contributed by atoms with Gasteiger partial charge >= 0.3 is 0 Å². The van der Waals surface area contributed by atoms with E-state index in [1.54, 1.807) is 0 Å². The van der Waals surface area contributed by atoms with Crippen LogP contribution in [0.15, 0.2) is 42.2 Å². The lowest BCUT2D eigenvalue weighted by atomic mass is 10.0. The lowest BCUT2D eigenvalue weighted by molar-refractivity contribution is 0.0651. The average Bonchev–Trinajstić information content (AvgIpc) is 2.64. The van der Waals surface area contributed by atoms with Gasteiger partial charge in [0.15, 0.2) is 0 Å². The van der Waals surface area contributed by atoms with Gasteiger partial charge in [0.25, 0.3) is 8.32 Å². The van der Waals surface area contributed by atoms with E-state index in [1.165, 1.54) is 5.19 Å². The van der Waals surface area contributed by atoms with Crippen molar-refractivity contribution in [2.24, 2.45) is 0 Å². The molecule has 0 bridgehead atoms. The Kier molecular flexibility index (Phi) is 4.26. The van der Waals surface area contributed by atoms with E-state index in [4.69, 9.17) is 4.43 Å². The maximum Gasteiger partial charge on any atom is 0.276 e. The van der Waals surface area contributed by atoms with Crippen LogP contribution in [-0.2, 0) is 4.43 Å². The Balaban J connectivity index is 2.21. The van der Waals surface area contributed by atoms with Gasteiger partial charge in [-0.3, -0.25) is 0 Å². The van der Waals surface area contributed by atoms with Crippen molar-refractivity contribution in [2.45, 2.75) is 57.2 Å². The first-order chi connectivity index (χ1) is 9.52. The van der Waals surface area contributed by atoms with Crippen LogP contribution in [0.4, 0.5) is 0 Å². The number of rotatable bonds is 4. The first-order valence-electron chi connectivity index (χ1n) is 7.70. The molecule has 2 atom stereocenters. The molecule has 0 saturated heterocycles. The largest absolute Gasteiger partial charge is 0.543 e. The normalized spacial score (nSPS) is 26.6. The summed E-state index contributed by atoms with van der Waals surface area (Å²) in [5.41, 5.74) is -0.387. The zero-order valence-electron chi connectivity index (χ0n) is 14.1. The molecule has 0 amide bonds. The van der Waals surface area contributed by atoms with Crippen LogP contribution < -0.4 is 5.19 Å². The van der Waals surface area contributed by atoms with E-state index in [9.17, 15) is 5.11 Å². The van der Waals surface area contributed by atoms with E-state index in [2.05, 4.69) is 63.1 Å². The fourth-order valence-corrected chi connectivity index (χ4v) is 7.93. The van der Waals surface area contributed by atoms with Crippen molar-refractivity contribution in [3.8, 4) is 0 Å². The topological polar surface area (TPSA) is 29.5 Å². The molecular formula is C17H28O2Si2. The van der Waals surface area contributed by atoms with Crippen LogP contribution in [0.1, 0.15) is 13.3 Å². The highest BCUT2D eigenvalue weighted by atomic mass is 28.4. The third-order valence-electron chi connectivity index (χ3n) is 4.34. The summed E-state index contributed by atoms with van der Waals surface area (Å²) in [6.45, 7) is 13.3. The van der Waals surface area contributed by atoms with E-state index < -0.39 is 22.0 Å². The molecule has 0 saturated carbocycles. The van der Waals surface area contributed by atoms with Crippen LogP contribution in [0.5, 0.6) is 0 Å². The first-order valence-corrected chi connectivity index (χ1v) is 14.2. The fraction of sp³-hybridized carbons (Fsp3) is 0.529. The minimum Gasteiger partial charge on any atom is -0.543 e. The van der Waals surface area contributed by atoms with Crippen molar-refractivity contribution in [3.63, 3.8) is 0 Å². The van der Waals surface area contributed by atoms with Crippen LogP contribution in [0.25, 0.3) is 0 Å². The second kappa shape index (κ2) is 5.41. The van der Waals surface area contributed by atoms with Gasteiger partial charge in [0.1, 0.15) is 0 Å². The highest BCUT2D eigenvalue weighted by Crippen LogP contribution is 2.45. The second-order valence-corrected chi connectivity index (χ2v) is 17.1. The highest BCUT2D eigenvalue weighted by molar-refractivity contribution is 6.84. The molecule has 0 unspecified atom stereocenters. The standard InChI is InChI=1S/C17H28O2Si2/c1-17(18)13-14(12-16(17)20(2,3)4)19-21(5,6)15-10-8-7-9-11-15/h7-12,16,18H,13H2,1-6H3/t16-,17-/m0/s1. The molecule has 116 valence electrons. The Bertz CT molecular complexity index is 527. The molecule has 0 aliphatic heterocycles. The predicted molar refractivity (Wildman–Crippen MR) is 95.1 cm³/mol. The summed E-state index contributed by atoms with van der Waals surface area (Å²) in [6.07, 6.45) is 2.86. The summed E-state index contributed by atoms with van der Waals surface area (Å²) in [5.74, 6) is 0.993. The minimum absolute atomic E-state index is 0.264. The third kappa shape index (κ3) is 3.68. The molecule has 2 nitrogen and oxygen atoms in total. The van der Waals surface area contributed by atoms with Gasteiger partial charge in [0, 0.05) is 12.0 Å². The maximum absolute atomic E-state index is 10.7. The summed E-state index contributed by atoms with van der Waals surface area (Å²) in [5, 5.41) is 12.0. The van der Waals surface area contributed by atoms with E-state index >= 15 is 0 Å². The summed E-state index contributed by atoms with van der Waals surface area (Å²) in [7, 11) is -3.41. The van der Waals surface area contributed by atoms with Crippen LogP contribution >= 0.6 is 0 Å². The van der Waals surface area contributed by atoms with Crippen molar-refractivity contribution in [3.05, 3.63) is 42.2 Å². The molecule has 0 radical (unpaired) electrons. The van der Waals surface area contributed by atoms with E-state index in [0.29, 0.717) is 6.42 Å². The van der Waals surface area contributed by atoms with Crippen LogP contribution in [-0.4, -0.2) is 27.1 Å². The van der Waals surface area contributed by atoms with Crippen LogP contribution in [0.3, 0.4) is 0 Å². The quantitative estimate of drug-likeness (QED) is 0.854. The highest BCUT2D eigenvalue weighted by Gasteiger charge is 2.46. The van der Waals surface area contributed by atoms with Gasteiger partial charge in [-0.2, -0.15) is 0 Å². The zero-order valence-corrected chi connectivity index (χ0v) is 16.1. The molecule has 1 aliphatic rings. The van der Waals surface area contributed by atoms with Crippen molar-refractivity contribution < 1.29 is 9.53 Å².